The molecule has 1 heterocycles. The van der Waals surface area contributed by atoms with Crippen LogP contribution in [0.1, 0.15) is 0 Å². The first-order chi connectivity index (χ1) is 12.7. The second kappa shape index (κ2) is 7.59. The summed E-state index contributed by atoms with van der Waals surface area (Å²) in [6.45, 7) is 0. The summed E-state index contributed by atoms with van der Waals surface area (Å²) in [7, 11) is -4.03. The van der Waals surface area contributed by atoms with Crippen molar-refractivity contribution in [3.8, 4) is 5.69 Å². The van der Waals surface area contributed by atoms with E-state index in [4.69, 9.17) is 23.2 Å². The van der Waals surface area contributed by atoms with Crippen LogP contribution in [-0.4, -0.2) is 18.2 Å². The van der Waals surface area contributed by atoms with Crippen molar-refractivity contribution in [3.05, 3.63) is 79.4 Å². The largest absolute Gasteiger partial charge is 0.291 e. The van der Waals surface area contributed by atoms with Gasteiger partial charge in [0.05, 0.1) is 27.5 Å². The van der Waals surface area contributed by atoms with Crippen LogP contribution in [0.25, 0.3) is 5.69 Å². The Morgan fingerprint density at radius 1 is 1.11 bits per heavy atom. The molecule has 27 heavy (non-hydrogen) atoms. The van der Waals surface area contributed by atoms with Crippen LogP contribution in [0.15, 0.2) is 62.8 Å². The van der Waals surface area contributed by atoms with Gasteiger partial charge in [0.2, 0.25) is 0 Å². The van der Waals surface area contributed by atoms with Crippen LogP contribution in [0.4, 0.5) is 10.1 Å². The van der Waals surface area contributed by atoms with Gasteiger partial charge in [-0.25, -0.2) is 12.8 Å². The van der Waals surface area contributed by atoms with Crippen molar-refractivity contribution in [1.82, 2.24) is 9.78 Å². The summed E-state index contributed by atoms with van der Waals surface area (Å²) >= 11 is 14.6. The first kappa shape index (κ1) is 19.8. The van der Waals surface area contributed by atoms with Crippen LogP contribution < -0.4 is 10.3 Å². The standard InChI is InChI=1S/C16H9BrCl2FN3O3S/c17-9-1-6-14(13(20)7-9)22-27(25,26)11-4-2-10(3-5-11)23-16(24)15(19)12(18)8-21-23/h1-8,22H. The Labute approximate surface area is 171 Å². The number of nitrogens with one attached hydrogen (secondary N) is 1. The number of hydrogen-bond acceptors (Lipinski definition) is 4. The fourth-order valence-electron chi connectivity index (χ4n) is 2.14. The number of aromatic nitrogens is 2. The molecule has 0 saturated heterocycles. The maximum Gasteiger partial charge on any atom is 0.291 e. The van der Waals surface area contributed by atoms with E-state index in [0.29, 0.717) is 4.47 Å². The normalized spacial score (nSPS) is 11.4. The van der Waals surface area contributed by atoms with Crippen molar-refractivity contribution in [2.24, 2.45) is 0 Å². The minimum Gasteiger partial charge on any atom is -0.277 e. The van der Waals surface area contributed by atoms with Gasteiger partial charge in [-0.05, 0) is 42.5 Å². The lowest BCUT2D eigenvalue weighted by atomic mass is 10.3. The number of benzene rings is 2. The van der Waals surface area contributed by atoms with Gasteiger partial charge in [-0.3, -0.25) is 9.52 Å². The van der Waals surface area contributed by atoms with Crippen LogP contribution in [0.5, 0.6) is 0 Å². The van der Waals surface area contributed by atoms with E-state index in [1.54, 1.807) is 0 Å². The number of hydrogen-bond donors (Lipinski definition) is 1. The van der Waals surface area contributed by atoms with Crippen molar-refractivity contribution in [2.75, 3.05) is 4.72 Å². The third kappa shape index (κ3) is 4.16. The molecule has 140 valence electrons. The molecule has 3 rings (SSSR count). The zero-order chi connectivity index (χ0) is 19.8. The number of sulfonamides is 1. The summed E-state index contributed by atoms with van der Waals surface area (Å²) in [5.41, 5.74) is -0.549. The highest BCUT2D eigenvalue weighted by Crippen LogP contribution is 2.23. The molecule has 0 spiro atoms. The molecule has 0 amide bonds. The van der Waals surface area contributed by atoms with Crippen LogP contribution in [0.2, 0.25) is 10.0 Å². The highest BCUT2D eigenvalue weighted by Gasteiger charge is 2.17. The number of anilines is 1. The van der Waals surface area contributed by atoms with Crippen molar-refractivity contribution < 1.29 is 12.8 Å². The predicted molar refractivity (Wildman–Crippen MR) is 105 cm³/mol. The Kier molecular flexibility index (Phi) is 5.57. The highest BCUT2D eigenvalue weighted by atomic mass is 79.9. The molecule has 0 saturated carbocycles. The second-order valence-electron chi connectivity index (χ2n) is 5.25. The molecule has 0 aliphatic rings. The molecule has 6 nitrogen and oxygen atoms in total. The Balaban J connectivity index is 1.93. The molecule has 0 aliphatic carbocycles. The van der Waals surface area contributed by atoms with E-state index in [0.717, 1.165) is 10.7 Å². The first-order valence-corrected chi connectivity index (χ1v) is 10.2. The van der Waals surface area contributed by atoms with Gasteiger partial charge in [0, 0.05) is 4.47 Å². The quantitative estimate of drug-likeness (QED) is 0.590. The molecule has 0 fully saturated rings. The highest BCUT2D eigenvalue weighted by molar-refractivity contribution is 9.10. The molecule has 1 aromatic heterocycles. The van der Waals surface area contributed by atoms with Gasteiger partial charge in [0.25, 0.3) is 15.6 Å². The van der Waals surface area contributed by atoms with Crippen molar-refractivity contribution in [1.29, 1.82) is 0 Å². The summed E-state index contributed by atoms with van der Waals surface area (Å²) in [6, 6.07) is 9.19. The summed E-state index contributed by atoms with van der Waals surface area (Å²) in [5, 5.41) is 3.67. The Morgan fingerprint density at radius 3 is 2.41 bits per heavy atom. The molecular weight excluding hydrogens is 484 g/mol. The van der Waals surface area contributed by atoms with E-state index >= 15 is 0 Å². The molecule has 1 N–H and O–H groups in total. The minimum absolute atomic E-state index is 0.0119. The zero-order valence-corrected chi connectivity index (χ0v) is 17.1. The van der Waals surface area contributed by atoms with E-state index < -0.39 is 21.4 Å². The van der Waals surface area contributed by atoms with Gasteiger partial charge < -0.3 is 0 Å². The van der Waals surface area contributed by atoms with Gasteiger partial charge in [0.1, 0.15) is 10.8 Å². The van der Waals surface area contributed by atoms with Gasteiger partial charge in [-0.2, -0.15) is 9.78 Å². The van der Waals surface area contributed by atoms with E-state index in [-0.39, 0.29) is 26.3 Å². The van der Waals surface area contributed by atoms with Crippen LogP contribution in [0, 0.1) is 5.82 Å². The predicted octanol–water partition coefficient (Wildman–Crippen LogP) is 4.24. The van der Waals surface area contributed by atoms with Gasteiger partial charge >= 0.3 is 0 Å². The average Bonchev–Trinajstić information content (AvgIpc) is 2.62. The molecule has 0 atom stereocenters. The minimum atomic E-state index is -4.03. The average molecular weight is 493 g/mol. The molecule has 0 radical (unpaired) electrons. The lowest BCUT2D eigenvalue weighted by Crippen LogP contribution is -2.21. The molecule has 3 aromatic rings. The lowest BCUT2D eigenvalue weighted by Gasteiger charge is -2.10. The lowest BCUT2D eigenvalue weighted by molar-refractivity contribution is 0.598. The number of nitrogens with zero attached hydrogens (tertiary/aromatic N) is 2. The Bertz CT molecular complexity index is 1180. The van der Waals surface area contributed by atoms with E-state index in [2.05, 4.69) is 25.8 Å². The molecule has 0 unspecified atom stereocenters. The van der Waals surface area contributed by atoms with Gasteiger partial charge in [-0.15, -0.1) is 0 Å². The number of rotatable bonds is 4. The summed E-state index contributed by atoms with van der Waals surface area (Å²) in [5.74, 6) is -0.726. The van der Waals surface area contributed by atoms with Gasteiger partial charge in [0.15, 0.2) is 0 Å². The topological polar surface area (TPSA) is 81.1 Å². The van der Waals surface area contributed by atoms with E-state index in [9.17, 15) is 17.6 Å². The van der Waals surface area contributed by atoms with Crippen molar-refractivity contribution in [2.45, 2.75) is 4.90 Å². The van der Waals surface area contributed by atoms with E-state index in [1.807, 2.05) is 0 Å². The Hall–Kier alpha value is -1.94. The summed E-state index contributed by atoms with van der Waals surface area (Å²) < 4.78 is 42.4. The summed E-state index contributed by atoms with van der Waals surface area (Å²) in [6.07, 6.45) is 1.20. The fraction of sp³-hybridized carbons (Fsp3) is 0. The molecule has 2 aromatic carbocycles. The molecule has 0 aliphatic heterocycles. The Morgan fingerprint density at radius 2 is 1.78 bits per heavy atom. The van der Waals surface area contributed by atoms with Crippen molar-refractivity contribution >= 4 is 54.8 Å². The van der Waals surface area contributed by atoms with Crippen molar-refractivity contribution in [3.63, 3.8) is 0 Å². The molecular formula is C16H9BrCl2FN3O3S. The van der Waals surface area contributed by atoms with E-state index in [1.165, 1.54) is 42.6 Å². The fourth-order valence-corrected chi connectivity index (χ4v) is 3.79. The smallest absolute Gasteiger partial charge is 0.277 e. The van der Waals surface area contributed by atoms with Gasteiger partial charge in [-0.1, -0.05) is 39.1 Å². The zero-order valence-electron chi connectivity index (χ0n) is 13.2. The monoisotopic (exact) mass is 491 g/mol. The maximum atomic E-state index is 13.9. The third-order valence-electron chi connectivity index (χ3n) is 3.44. The van der Waals surface area contributed by atoms with Crippen LogP contribution in [0.3, 0.4) is 0 Å². The number of halogens is 4. The summed E-state index contributed by atoms with van der Waals surface area (Å²) in [4.78, 5) is 12.0. The molecule has 11 heteroatoms. The van der Waals surface area contributed by atoms with Crippen LogP contribution >= 0.6 is 39.1 Å². The second-order valence-corrected chi connectivity index (χ2v) is 8.63. The third-order valence-corrected chi connectivity index (χ3v) is 6.07. The molecule has 0 bridgehead atoms. The van der Waals surface area contributed by atoms with Crippen LogP contribution in [-0.2, 0) is 10.0 Å². The SMILES string of the molecule is O=c1c(Cl)c(Cl)cnn1-c1ccc(S(=O)(=O)Nc2ccc(Br)cc2F)cc1. The first-order valence-electron chi connectivity index (χ1n) is 7.21. The maximum absolute atomic E-state index is 13.9.